The lowest BCUT2D eigenvalue weighted by atomic mass is 9.42. The van der Waals surface area contributed by atoms with Crippen LogP contribution >= 0.6 is 0 Å². The summed E-state index contributed by atoms with van der Waals surface area (Å²) in [6.45, 7) is 13.9. The zero-order valence-corrected chi connectivity index (χ0v) is 23.0. The summed E-state index contributed by atoms with van der Waals surface area (Å²) in [4.78, 5) is 39.1. The van der Waals surface area contributed by atoms with Crippen LogP contribution in [-0.4, -0.2) is 45.1 Å². The van der Waals surface area contributed by atoms with Gasteiger partial charge in [0, 0.05) is 24.0 Å². The largest absolute Gasteiger partial charge is 0.478 e. The number of aliphatic hydroxyl groups excluding tert-OH is 2. The van der Waals surface area contributed by atoms with Crippen LogP contribution in [0.2, 0.25) is 0 Å². The topological polar surface area (TPSA) is 112 Å². The third-order valence-corrected chi connectivity index (χ3v) is 11.5. The van der Waals surface area contributed by atoms with Gasteiger partial charge in [-0.1, -0.05) is 40.7 Å². The normalized spacial score (nSPS) is 43.1. The molecule has 3 N–H and O–H groups in total. The fourth-order valence-electron chi connectivity index (χ4n) is 8.95. The minimum atomic E-state index is -0.924. The van der Waals surface area contributed by atoms with E-state index in [1.165, 1.54) is 0 Å². The number of aliphatic hydroxyl groups is 2. The average molecular weight is 501 g/mol. The maximum Gasteiger partial charge on any atom is 0.330 e. The van der Waals surface area contributed by atoms with Gasteiger partial charge in [0.2, 0.25) is 0 Å². The van der Waals surface area contributed by atoms with Gasteiger partial charge in [-0.2, -0.15) is 0 Å². The standard InChI is InChI=1S/C30H44O6/c1-16(9-8-10-17(2)26(35)36)18-13-23(34)30(7)25-19(31)14-21-27(3,4)22(33)11-12-28(21,5)24(25)20(32)15-29(18,30)6/h10,16,18-19,21-22,31,33H,8-9,11-15H2,1-7H3,(H,35,36)/b17-10+/t16-,18-,19+,21+,22+,28+,29-,30+/m1/s1. The molecule has 0 bridgehead atoms. The van der Waals surface area contributed by atoms with Gasteiger partial charge in [-0.15, -0.1) is 0 Å². The van der Waals surface area contributed by atoms with E-state index >= 15 is 0 Å². The average Bonchev–Trinajstić information content (AvgIpc) is 2.99. The summed E-state index contributed by atoms with van der Waals surface area (Å²) in [6.07, 6.45) is 4.10. The number of Topliss-reactive ketones (excluding diaryl/α,β-unsaturated/α-hetero) is 2. The summed E-state index contributed by atoms with van der Waals surface area (Å²) in [5.41, 5.74) is -0.762. The van der Waals surface area contributed by atoms with Crippen molar-refractivity contribution in [3.05, 3.63) is 22.8 Å². The third kappa shape index (κ3) is 3.53. The van der Waals surface area contributed by atoms with Gasteiger partial charge in [0.05, 0.1) is 17.6 Å². The molecule has 6 heteroatoms. The first-order valence-electron chi connectivity index (χ1n) is 13.6. The van der Waals surface area contributed by atoms with E-state index in [-0.39, 0.29) is 35.7 Å². The predicted octanol–water partition coefficient (Wildman–Crippen LogP) is 4.87. The van der Waals surface area contributed by atoms with Crippen LogP contribution in [0.3, 0.4) is 0 Å². The molecule has 4 aliphatic carbocycles. The molecule has 0 radical (unpaired) electrons. The van der Waals surface area contributed by atoms with Crippen molar-refractivity contribution in [2.24, 2.45) is 39.4 Å². The van der Waals surface area contributed by atoms with Crippen LogP contribution in [0.25, 0.3) is 0 Å². The van der Waals surface area contributed by atoms with Crippen molar-refractivity contribution in [3.63, 3.8) is 0 Å². The van der Waals surface area contributed by atoms with E-state index in [1.54, 1.807) is 13.0 Å². The molecule has 8 atom stereocenters. The summed E-state index contributed by atoms with van der Waals surface area (Å²) in [5, 5.41) is 31.5. The number of allylic oxidation sites excluding steroid dienone is 2. The van der Waals surface area contributed by atoms with E-state index in [1.807, 2.05) is 20.8 Å². The number of fused-ring (bicyclic) bond motifs is 4. The van der Waals surface area contributed by atoms with Crippen LogP contribution in [0.15, 0.2) is 22.8 Å². The fourth-order valence-corrected chi connectivity index (χ4v) is 8.95. The van der Waals surface area contributed by atoms with Crippen molar-refractivity contribution in [3.8, 4) is 0 Å². The Bertz CT molecular complexity index is 1050. The molecule has 0 spiro atoms. The van der Waals surface area contributed by atoms with Crippen molar-refractivity contribution in [1.82, 2.24) is 0 Å². The maximum atomic E-state index is 14.1. The number of ketones is 2. The van der Waals surface area contributed by atoms with Crippen molar-refractivity contribution >= 4 is 17.5 Å². The molecule has 0 aromatic rings. The summed E-state index contributed by atoms with van der Waals surface area (Å²) < 4.78 is 0. The highest BCUT2D eigenvalue weighted by atomic mass is 16.4. The third-order valence-electron chi connectivity index (χ3n) is 11.5. The Hall–Kier alpha value is -1.79. The highest BCUT2D eigenvalue weighted by Crippen LogP contribution is 2.70. The molecule has 4 aliphatic rings. The number of carbonyl (C=O) groups excluding carboxylic acids is 2. The van der Waals surface area contributed by atoms with E-state index in [2.05, 4.69) is 20.8 Å². The van der Waals surface area contributed by atoms with Crippen LogP contribution < -0.4 is 0 Å². The smallest absolute Gasteiger partial charge is 0.330 e. The van der Waals surface area contributed by atoms with Crippen LogP contribution in [-0.2, 0) is 14.4 Å². The molecule has 2 fully saturated rings. The predicted molar refractivity (Wildman–Crippen MR) is 137 cm³/mol. The number of carboxylic acid groups (broad SMARTS) is 1. The zero-order valence-electron chi connectivity index (χ0n) is 23.0. The number of hydrogen-bond donors (Lipinski definition) is 3. The summed E-state index contributed by atoms with van der Waals surface area (Å²) in [7, 11) is 0. The molecular formula is C30H44O6. The van der Waals surface area contributed by atoms with E-state index in [4.69, 9.17) is 5.11 Å². The number of carbonyl (C=O) groups is 3. The molecule has 0 amide bonds. The van der Waals surface area contributed by atoms with Gasteiger partial charge in [-0.3, -0.25) is 9.59 Å². The zero-order chi connectivity index (χ0) is 27.0. The second kappa shape index (κ2) is 8.62. The van der Waals surface area contributed by atoms with Crippen molar-refractivity contribution in [1.29, 1.82) is 0 Å². The van der Waals surface area contributed by atoms with Crippen LogP contribution in [0.5, 0.6) is 0 Å². The van der Waals surface area contributed by atoms with Crippen molar-refractivity contribution in [2.75, 3.05) is 0 Å². The Morgan fingerprint density at radius 2 is 1.78 bits per heavy atom. The van der Waals surface area contributed by atoms with Crippen molar-refractivity contribution < 1.29 is 29.7 Å². The SMILES string of the molecule is C/C(=C\CC[C@@H](C)[C@H]1CC(=O)[C@@]2(C)C3=C(C(=O)C[C@]12C)[C@@]1(C)CC[C@H](O)C(C)(C)[C@@H]1C[C@@H]3O)C(=O)O. The van der Waals surface area contributed by atoms with Gasteiger partial charge in [0.15, 0.2) is 5.78 Å². The molecule has 0 heterocycles. The Morgan fingerprint density at radius 3 is 2.39 bits per heavy atom. The number of rotatable bonds is 5. The molecule has 0 saturated heterocycles. The van der Waals surface area contributed by atoms with Crippen molar-refractivity contribution in [2.45, 2.75) is 106 Å². The molecule has 6 nitrogen and oxygen atoms in total. The first-order valence-corrected chi connectivity index (χ1v) is 13.6. The minimum absolute atomic E-state index is 0.0196. The molecule has 36 heavy (non-hydrogen) atoms. The summed E-state index contributed by atoms with van der Waals surface area (Å²) >= 11 is 0. The molecule has 0 unspecified atom stereocenters. The van der Waals surface area contributed by atoms with Crippen LogP contribution in [0, 0.1) is 39.4 Å². The van der Waals surface area contributed by atoms with Crippen LogP contribution in [0.1, 0.15) is 93.4 Å². The molecule has 4 rings (SSSR count). The van der Waals surface area contributed by atoms with Gasteiger partial charge < -0.3 is 15.3 Å². The number of hydrogen-bond acceptors (Lipinski definition) is 5. The van der Waals surface area contributed by atoms with Gasteiger partial charge in [-0.05, 0) is 85.5 Å². The van der Waals surface area contributed by atoms with E-state index < -0.39 is 39.8 Å². The molecule has 0 aromatic heterocycles. The second-order valence-corrected chi connectivity index (χ2v) is 13.5. The Balaban J connectivity index is 1.76. The van der Waals surface area contributed by atoms with E-state index in [0.29, 0.717) is 48.8 Å². The van der Waals surface area contributed by atoms with Gasteiger partial charge in [0.1, 0.15) is 5.78 Å². The summed E-state index contributed by atoms with van der Waals surface area (Å²) in [6, 6.07) is 0. The van der Waals surface area contributed by atoms with E-state index in [0.717, 1.165) is 6.42 Å². The first kappa shape index (κ1) is 27.3. The molecular weight excluding hydrogens is 456 g/mol. The van der Waals surface area contributed by atoms with Gasteiger partial charge in [-0.25, -0.2) is 4.79 Å². The Labute approximate surface area is 215 Å². The molecule has 0 aromatic carbocycles. The lowest BCUT2D eigenvalue weighted by molar-refractivity contribution is -0.142. The maximum absolute atomic E-state index is 14.1. The lowest BCUT2D eigenvalue weighted by Crippen LogP contribution is -2.60. The quantitative estimate of drug-likeness (QED) is 0.464. The first-order chi connectivity index (χ1) is 16.5. The van der Waals surface area contributed by atoms with E-state index in [9.17, 15) is 24.6 Å². The minimum Gasteiger partial charge on any atom is -0.478 e. The van der Waals surface area contributed by atoms with Gasteiger partial charge in [0.25, 0.3) is 0 Å². The number of aliphatic carboxylic acids is 1. The molecule has 0 aliphatic heterocycles. The highest BCUT2D eigenvalue weighted by Gasteiger charge is 2.70. The number of carboxylic acids is 1. The molecule has 200 valence electrons. The molecule has 2 saturated carbocycles. The fraction of sp³-hybridized carbons (Fsp3) is 0.767. The lowest BCUT2D eigenvalue weighted by Gasteiger charge is -2.61. The summed E-state index contributed by atoms with van der Waals surface area (Å²) in [5.74, 6) is -0.704. The Kier molecular flexibility index (Phi) is 6.53. The van der Waals surface area contributed by atoms with Crippen LogP contribution in [0.4, 0.5) is 0 Å². The second-order valence-electron chi connectivity index (χ2n) is 13.5. The Morgan fingerprint density at radius 1 is 1.14 bits per heavy atom. The monoisotopic (exact) mass is 500 g/mol. The highest BCUT2D eigenvalue weighted by molar-refractivity contribution is 6.05. The van der Waals surface area contributed by atoms with Gasteiger partial charge >= 0.3 is 5.97 Å².